The monoisotopic (exact) mass is 270 g/mol. The van der Waals surface area contributed by atoms with E-state index in [0.717, 1.165) is 11.3 Å². The summed E-state index contributed by atoms with van der Waals surface area (Å²) in [7, 11) is 3.58. The molecule has 0 fully saturated rings. The fourth-order valence-electron chi connectivity index (χ4n) is 1.97. The van der Waals surface area contributed by atoms with E-state index in [1.54, 1.807) is 43.5 Å². The van der Waals surface area contributed by atoms with E-state index in [2.05, 4.69) is 15.3 Å². The molecule has 2 aromatic rings. The van der Waals surface area contributed by atoms with Gasteiger partial charge in [-0.3, -0.25) is 9.78 Å². The predicted molar refractivity (Wildman–Crippen MR) is 78.6 cm³/mol. The lowest BCUT2D eigenvalue weighted by molar-refractivity contribution is 0.0785. The van der Waals surface area contributed by atoms with E-state index in [1.807, 2.05) is 19.1 Å². The summed E-state index contributed by atoms with van der Waals surface area (Å²) >= 11 is 0. The number of nitrogens with zero attached hydrogens (tertiary/aromatic N) is 3. The van der Waals surface area contributed by atoms with Crippen molar-refractivity contribution in [3.8, 4) is 0 Å². The summed E-state index contributed by atoms with van der Waals surface area (Å²) in [6, 6.07) is 7.37. The van der Waals surface area contributed by atoms with Crippen molar-refractivity contribution in [2.45, 2.75) is 13.5 Å². The first-order valence-electron chi connectivity index (χ1n) is 6.41. The molecule has 0 aromatic carbocycles. The van der Waals surface area contributed by atoms with Crippen molar-refractivity contribution in [2.24, 2.45) is 0 Å². The summed E-state index contributed by atoms with van der Waals surface area (Å²) in [5, 5.41) is 2.96. The van der Waals surface area contributed by atoms with Crippen LogP contribution in [0.15, 0.2) is 36.7 Å². The standard InChI is InChI=1S/C15H18N4O/c1-11-8-13(9-14(16-2)18-11)15(20)19(3)10-12-4-6-17-7-5-12/h4-9H,10H2,1-3H3,(H,16,18). The van der Waals surface area contributed by atoms with Crippen LogP contribution in [-0.2, 0) is 6.54 Å². The number of nitrogens with one attached hydrogen (secondary N) is 1. The van der Waals surface area contributed by atoms with Crippen LogP contribution in [0, 0.1) is 6.92 Å². The van der Waals surface area contributed by atoms with Gasteiger partial charge in [-0.15, -0.1) is 0 Å². The molecular formula is C15H18N4O. The normalized spacial score (nSPS) is 10.2. The SMILES string of the molecule is CNc1cc(C(=O)N(C)Cc2ccncc2)cc(C)n1. The van der Waals surface area contributed by atoms with Crippen LogP contribution in [0.25, 0.3) is 0 Å². The Morgan fingerprint density at radius 2 is 2.00 bits per heavy atom. The van der Waals surface area contributed by atoms with Gasteiger partial charge in [-0.05, 0) is 36.8 Å². The number of aromatic nitrogens is 2. The number of anilines is 1. The van der Waals surface area contributed by atoms with E-state index in [9.17, 15) is 4.79 Å². The molecule has 0 aliphatic heterocycles. The molecule has 104 valence electrons. The molecule has 1 amide bonds. The number of carbonyl (C=O) groups excluding carboxylic acids is 1. The van der Waals surface area contributed by atoms with E-state index >= 15 is 0 Å². The third-order valence-electron chi connectivity index (χ3n) is 2.97. The van der Waals surface area contributed by atoms with Gasteiger partial charge < -0.3 is 10.2 Å². The van der Waals surface area contributed by atoms with E-state index in [1.165, 1.54) is 0 Å². The Labute approximate surface area is 118 Å². The van der Waals surface area contributed by atoms with E-state index in [4.69, 9.17) is 0 Å². The number of hydrogen-bond donors (Lipinski definition) is 1. The van der Waals surface area contributed by atoms with Gasteiger partial charge >= 0.3 is 0 Å². The van der Waals surface area contributed by atoms with Crippen LogP contribution in [0.5, 0.6) is 0 Å². The molecule has 5 heteroatoms. The Bertz CT molecular complexity index is 598. The first-order chi connectivity index (χ1) is 9.60. The molecule has 0 saturated carbocycles. The summed E-state index contributed by atoms with van der Waals surface area (Å²) in [5.41, 5.74) is 2.51. The first kappa shape index (κ1) is 14.0. The molecule has 0 aliphatic rings. The largest absolute Gasteiger partial charge is 0.373 e. The highest BCUT2D eigenvalue weighted by Gasteiger charge is 2.13. The van der Waals surface area contributed by atoms with Crippen LogP contribution in [0.2, 0.25) is 0 Å². The zero-order valence-electron chi connectivity index (χ0n) is 11.9. The van der Waals surface area contributed by atoms with Gasteiger partial charge in [0.25, 0.3) is 5.91 Å². The molecule has 0 aliphatic carbocycles. The second kappa shape index (κ2) is 6.14. The molecule has 2 aromatic heterocycles. The Balaban J connectivity index is 2.16. The molecule has 0 saturated heterocycles. The van der Waals surface area contributed by atoms with Crippen molar-refractivity contribution in [1.82, 2.24) is 14.9 Å². The Kier molecular flexibility index (Phi) is 4.30. The van der Waals surface area contributed by atoms with Gasteiger partial charge in [0.1, 0.15) is 5.82 Å². The fourth-order valence-corrected chi connectivity index (χ4v) is 1.97. The zero-order valence-corrected chi connectivity index (χ0v) is 11.9. The third-order valence-corrected chi connectivity index (χ3v) is 2.97. The maximum Gasteiger partial charge on any atom is 0.254 e. The van der Waals surface area contributed by atoms with Gasteiger partial charge in [-0.2, -0.15) is 0 Å². The molecule has 2 heterocycles. The molecular weight excluding hydrogens is 252 g/mol. The maximum absolute atomic E-state index is 12.4. The fraction of sp³-hybridized carbons (Fsp3) is 0.267. The molecule has 0 unspecified atom stereocenters. The average molecular weight is 270 g/mol. The number of hydrogen-bond acceptors (Lipinski definition) is 4. The smallest absolute Gasteiger partial charge is 0.254 e. The summed E-state index contributed by atoms with van der Waals surface area (Å²) in [6.45, 7) is 2.43. The van der Waals surface area contributed by atoms with Gasteiger partial charge in [-0.1, -0.05) is 0 Å². The van der Waals surface area contributed by atoms with Gasteiger partial charge in [0, 0.05) is 44.3 Å². The highest BCUT2D eigenvalue weighted by Crippen LogP contribution is 2.13. The van der Waals surface area contributed by atoms with Crippen LogP contribution in [0.1, 0.15) is 21.6 Å². The molecule has 5 nitrogen and oxygen atoms in total. The highest BCUT2D eigenvalue weighted by atomic mass is 16.2. The van der Waals surface area contributed by atoms with Crippen LogP contribution >= 0.6 is 0 Å². The lowest BCUT2D eigenvalue weighted by atomic mass is 10.2. The van der Waals surface area contributed by atoms with E-state index < -0.39 is 0 Å². The predicted octanol–water partition coefficient (Wildman–Crippen LogP) is 2.10. The third kappa shape index (κ3) is 3.32. The lowest BCUT2D eigenvalue weighted by Gasteiger charge is -2.18. The minimum Gasteiger partial charge on any atom is -0.373 e. The number of rotatable bonds is 4. The molecule has 0 atom stereocenters. The van der Waals surface area contributed by atoms with Crippen molar-refractivity contribution in [2.75, 3.05) is 19.4 Å². The highest BCUT2D eigenvalue weighted by molar-refractivity contribution is 5.94. The summed E-state index contributed by atoms with van der Waals surface area (Å²) in [5.74, 6) is 0.675. The Morgan fingerprint density at radius 3 is 2.65 bits per heavy atom. The number of aryl methyl sites for hydroxylation is 1. The van der Waals surface area contributed by atoms with E-state index in [-0.39, 0.29) is 5.91 Å². The average Bonchev–Trinajstić information content (AvgIpc) is 2.46. The van der Waals surface area contributed by atoms with Crippen molar-refractivity contribution in [3.05, 3.63) is 53.5 Å². The molecule has 0 bridgehead atoms. The molecule has 0 radical (unpaired) electrons. The van der Waals surface area contributed by atoms with Crippen LogP contribution in [-0.4, -0.2) is 34.9 Å². The second-order valence-electron chi connectivity index (χ2n) is 4.65. The molecule has 20 heavy (non-hydrogen) atoms. The second-order valence-corrected chi connectivity index (χ2v) is 4.65. The summed E-state index contributed by atoms with van der Waals surface area (Å²) in [6.07, 6.45) is 3.45. The van der Waals surface area contributed by atoms with Crippen LogP contribution in [0.4, 0.5) is 5.82 Å². The van der Waals surface area contributed by atoms with Crippen LogP contribution in [0.3, 0.4) is 0 Å². The molecule has 1 N–H and O–H groups in total. The first-order valence-corrected chi connectivity index (χ1v) is 6.41. The minimum atomic E-state index is -0.0242. The van der Waals surface area contributed by atoms with Gasteiger partial charge in [0.05, 0.1) is 0 Å². The van der Waals surface area contributed by atoms with Crippen molar-refractivity contribution >= 4 is 11.7 Å². The minimum absolute atomic E-state index is 0.0242. The number of amides is 1. The number of pyridine rings is 2. The zero-order chi connectivity index (χ0) is 14.5. The van der Waals surface area contributed by atoms with Crippen molar-refractivity contribution < 1.29 is 4.79 Å². The van der Waals surface area contributed by atoms with Crippen LogP contribution < -0.4 is 5.32 Å². The summed E-state index contributed by atoms with van der Waals surface area (Å²) in [4.78, 5) is 22.4. The summed E-state index contributed by atoms with van der Waals surface area (Å²) < 4.78 is 0. The van der Waals surface area contributed by atoms with Crippen molar-refractivity contribution in [3.63, 3.8) is 0 Å². The maximum atomic E-state index is 12.4. The topological polar surface area (TPSA) is 58.1 Å². The quantitative estimate of drug-likeness (QED) is 0.924. The Hall–Kier alpha value is -2.43. The van der Waals surface area contributed by atoms with Crippen molar-refractivity contribution in [1.29, 1.82) is 0 Å². The Morgan fingerprint density at radius 1 is 1.30 bits per heavy atom. The molecule has 2 rings (SSSR count). The number of carbonyl (C=O) groups is 1. The van der Waals surface area contributed by atoms with E-state index in [0.29, 0.717) is 17.9 Å². The van der Waals surface area contributed by atoms with Gasteiger partial charge in [0.15, 0.2) is 0 Å². The van der Waals surface area contributed by atoms with Gasteiger partial charge in [0.2, 0.25) is 0 Å². The molecule has 0 spiro atoms. The lowest BCUT2D eigenvalue weighted by Crippen LogP contribution is -2.26. The van der Waals surface area contributed by atoms with Gasteiger partial charge in [-0.25, -0.2) is 4.98 Å².